The number of aryl methyl sites for hydroxylation is 2. The monoisotopic (exact) mass is 508 g/mol. The minimum absolute atomic E-state index is 0.0694. The second-order valence-electron chi connectivity index (χ2n) is 7.89. The van der Waals surface area contributed by atoms with Gasteiger partial charge < -0.3 is 10.1 Å². The molecule has 178 valence electrons. The molecule has 4 aromatic rings. The molecule has 0 radical (unpaired) electrons. The summed E-state index contributed by atoms with van der Waals surface area (Å²) in [5.74, 6) is -0.221. The van der Waals surface area contributed by atoms with Crippen LogP contribution in [0.25, 0.3) is 15.9 Å². The van der Waals surface area contributed by atoms with Crippen molar-refractivity contribution in [3.05, 3.63) is 79.4 Å². The predicted molar refractivity (Wildman–Crippen MR) is 136 cm³/mol. The van der Waals surface area contributed by atoms with E-state index < -0.39 is 10.8 Å². The summed E-state index contributed by atoms with van der Waals surface area (Å²) in [6.45, 7) is 0. The first kappa shape index (κ1) is 23.1. The largest absolute Gasteiger partial charge is 0.496 e. The number of para-hydroxylation sites is 1. The topological polar surface area (TPSA) is 116 Å². The van der Waals surface area contributed by atoms with Crippen LogP contribution in [0, 0.1) is 10.1 Å². The van der Waals surface area contributed by atoms with Crippen molar-refractivity contribution in [2.45, 2.75) is 24.4 Å². The Labute approximate surface area is 207 Å². The highest BCUT2D eigenvalue weighted by Gasteiger charge is 2.24. The number of fused-ring (bicyclic) bond motifs is 3. The summed E-state index contributed by atoms with van der Waals surface area (Å²) in [4.78, 5) is 43.8. The number of ether oxygens (including phenoxy) is 1. The van der Waals surface area contributed by atoms with E-state index in [9.17, 15) is 19.7 Å². The van der Waals surface area contributed by atoms with E-state index in [-0.39, 0.29) is 22.7 Å². The van der Waals surface area contributed by atoms with E-state index in [0.29, 0.717) is 26.8 Å². The lowest BCUT2D eigenvalue weighted by Crippen LogP contribution is -2.23. The van der Waals surface area contributed by atoms with Gasteiger partial charge in [-0.1, -0.05) is 30.0 Å². The minimum Gasteiger partial charge on any atom is -0.496 e. The molecular weight excluding hydrogens is 488 g/mol. The van der Waals surface area contributed by atoms with Crippen LogP contribution >= 0.6 is 23.1 Å². The number of hydrogen-bond acceptors (Lipinski definition) is 8. The third-order valence-electron chi connectivity index (χ3n) is 5.73. The summed E-state index contributed by atoms with van der Waals surface area (Å²) in [5.41, 5.74) is 1.41. The molecule has 2 heterocycles. The molecule has 0 saturated heterocycles. The van der Waals surface area contributed by atoms with Gasteiger partial charge in [-0.3, -0.25) is 24.3 Å². The van der Waals surface area contributed by atoms with Crippen LogP contribution in [0.4, 0.5) is 11.4 Å². The lowest BCUT2D eigenvalue weighted by Gasteiger charge is -2.12. The minimum atomic E-state index is -0.580. The summed E-state index contributed by atoms with van der Waals surface area (Å²) >= 11 is 2.65. The number of anilines is 1. The average molecular weight is 509 g/mol. The van der Waals surface area contributed by atoms with Crippen LogP contribution < -0.4 is 15.6 Å². The Hall–Kier alpha value is -3.70. The second-order valence-corrected chi connectivity index (χ2v) is 9.91. The molecule has 0 unspecified atom stereocenters. The van der Waals surface area contributed by atoms with Crippen LogP contribution in [0.5, 0.6) is 5.75 Å². The molecule has 0 bridgehead atoms. The average Bonchev–Trinajstić information content (AvgIpc) is 3.44. The van der Waals surface area contributed by atoms with E-state index >= 15 is 0 Å². The number of carbonyl (C=O) groups is 1. The number of nitrogens with zero attached hydrogens (tertiary/aromatic N) is 3. The van der Waals surface area contributed by atoms with Crippen molar-refractivity contribution in [2.24, 2.45) is 0 Å². The summed E-state index contributed by atoms with van der Waals surface area (Å²) in [6.07, 6.45) is 2.86. The molecule has 1 aliphatic carbocycles. The molecule has 35 heavy (non-hydrogen) atoms. The Morgan fingerprint density at radius 3 is 2.80 bits per heavy atom. The van der Waals surface area contributed by atoms with Gasteiger partial charge in [0.25, 0.3) is 11.2 Å². The van der Waals surface area contributed by atoms with Gasteiger partial charge in [0.15, 0.2) is 5.16 Å². The highest BCUT2D eigenvalue weighted by atomic mass is 32.2. The fourth-order valence-corrected chi connectivity index (χ4v) is 6.25. The standard InChI is InChI=1S/C24H20N4O5S2/c1-33-15-10-11-17(18(12-15)28(31)32)25-20(29)13-34-24-26-22-21(16-8-5-9-19(16)35-22)23(30)27(24)14-6-3-2-4-7-14/h2-4,6-7,10-12H,5,8-9,13H2,1H3,(H,25,29). The second kappa shape index (κ2) is 9.51. The first-order chi connectivity index (χ1) is 17.0. The van der Waals surface area contributed by atoms with Crippen molar-refractivity contribution in [1.29, 1.82) is 0 Å². The van der Waals surface area contributed by atoms with Gasteiger partial charge in [0.2, 0.25) is 5.91 Å². The number of thioether (sulfide) groups is 1. The number of nitrogens with one attached hydrogen (secondary N) is 1. The van der Waals surface area contributed by atoms with Crippen molar-refractivity contribution >= 4 is 50.6 Å². The van der Waals surface area contributed by atoms with Crippen LogP contribution in [0.15, 0.2) is 58.5 Å². The summed E-state index contributed by atoms with van der Waals surface area (Å²) in [5, 5.41) is 15.1. The molecule has 11 heteroatoms. The number of benzene rings is 2. The van der Waals surface area contributed by atoms with E-state index in [4.69, 9.17) is 9.72 Å². The molecular formula is C24H20N4O5S2. The Bertz CT molecular complexity index is 1510. The SMILES string of the molecule is COc1ccc(NC(=O)CSc2nc3sc4c(c3c(=O)n2-c2ccccc2)CCC4)c([N+](=O)[O-])c1. The van der Waals surface area contributed by atoms with Crippen LogP contribution in [0.2, 0.25) is 0 Å². The fourth-order valence-electron chi connectivity index (χ4n) is 4.14. The van der Waals surface area contributed by atoms with Gasteiger partial charge in [-0.2, -0.15) is 0 Å². The zero-order chi connectivity index (χ0) is 24.5. The zero-order valence-corrected chi connectivity index (χ0v) is 20.3. The van der Waals surface area contributed by atoms with Crippen molar-refractivity contribution in [1.82, 2.24) is 9.55 Å². The molecule has 9 nitrogen and oxygen atoms in total. The molecule has 0 aliphatic heterocycles. The highest BCUT2D eigenvalue weighted by Crippen LogP contribution is 2.36. The number of methoxy groups -OCH3 is 1. The van der Waals surface area contributed by atoms with Crippen LogP contribution in [-0.2, 0) is 17.6 Å². The van der Waals surface area contributed by atoms with E-state index in [1.807, 2.05) is 30.3 Å². The van der Waals surface area contributed by atoms with E-state index in [1.165, 1.54) is 41.5 Å². The maximum absolute atomic E-state index is 13.6. The van der Waals surface area contributed by atoms with Gasteiger partial charge in [-0.25, -0.2) is 4.98 Å². The highest BCUT2D eigenvalue weighted by molar-refractivity contribution is 7.99. The predicted octanol–water partition coefficient (Wildman–Crippen LogP) is 4.58. The molecule has 2 aromatic carbocycles. The van der Waals surface area contributed by atoms with Crippen LogP contribution in [-0.4, -0.2) is 33.2 Å². The van der Waals surface area contributed by atoms with E-state index in [2.05, 4.69) is 5.32 Å². The molecule has 0 saturated carbocycles. The molecule has 1 aliphatic rings. The maximum Gasteiger partial charge on any atom is 0.296 e. The summed E-state index contributed by atoms with van der Waals surface area (Å²) in [7, 11) is 1.41. The number of rotatable bonds is 7. The lowest BCUT2D eigenvalue weighted by atomic mass is 10.2. The van der Waals surface area contributed by atoms with Gasteiger partial charge >= 0.3 is 0 Å². The first-order valence-corrected chi connectivity index (χ1v) is 12.6. The van der Waals surface area contributed by atoms with Crippen molar-refractivity contribution in [2.75, 3.05) is 18.2 Å². The fraction of sp³-hybridized carbons (Fsp3) is 0.208. The molecule has 0 atom stereocenters. The molecule has 0 fully saturated rings. The number of thiophene rings is 1. The number of nitro groups is 1. The number of carbonyl (C=O) groups excluding carboxylic acids is 1. The van der Waals surface area contributed by atoms with Crippen molar-refractivity contribution in [3.8, 4) is 11.4 Å². The normalized spacial score (nSPS) is 12.5. The zero-order valence-electron chi connectivity index (χ0n) is 18.6. The lowest BCUT2D eigenvalue weighted by molar-refractivity contribution is -0.384. The first-order valence-electron chi connectivity index (χ1n) is 10.8. The van der Waals surface area contributed by atoms with E-state index in [1.54, 1.807) is 4.57 Å². The molecule has 5 rings (SSSR count). The molecule has 2 aromatic heterocycles. The Kier molecular flexibility index (Phi) is 6.27. The van der Waals surface area contributed by atoms with Crippen LogP contribution in [0.3, 0.4) is 0 Å². The number of aromatic nitrogens is 2. The third-order valence-corrected chi connectivity index (χ3v) is 7.85. The van der Waals surface area contributed by atoms with Gasteiger partial charge in [0.05, 0.1) is 34.9 Å². The quantitative estimate of drug-likeness (QED) is 0.168. The summed E-state index contributed by atoms with van der Waals surface area (Å²) < 4.78 is 6.58. The number of hydrogen-bond donors (Lipinski definition) is 1. The Balaban J connectivity index is 1.46. The van der Waals surface area contributed by atoms with Crippen molar-refractivity contribution < 1.29 is 14.5 Å². The Morgan fingerprint density at radius 2 is 2.06 bits per heavy atom. The molecule has 1 N–H and O–H groups in total. The maximum atomic E-state index is 13.6. The number of nitro benzene ring substituents is 1. The molecule has 0 spiro atoms. The smallest absolute Gasteiger partial charge is 0.296 e. The van der Waals surface area contributed by atoms with Crippen LogP contribution in [0.1, 0.15) is 16.9 Å². The molecule has 1 amide bonds. The van der Waals surface area contributed by atoms with Crippen molar-refractivity contribution in [3.63, 3.8) is 0 Å². The Morgan fingerprint density at radius 1 is 1.26 bits per heavy atom. The van der Waals surface area contributed by atoms with Gasteiger partial charge in [-0.05, 0) is 49.1 Å². The third kappa shape index (κ3) is 4.40. The number of amides is 1. The van der Waals surface area contributed by atoms with Gasteiger partial charge in [-0.15, -0.1) is 11.3 Å². The van der Waals surface area contributed by atoms with E-state index in [0.717, 1.165) is 36.6 Å². The van der Waals surface area contributed by atoms with Gasteiger partial charge in [0.1, 0.15) is 16.3 Å². The summed E-state index contributed by atoms with van der Waals surface area (Å²) in [6, 6.07) is 13.4. The van der Waals surface area contributed by atoms with Gasteiger partial charge in [0, 0.05) is 4.88 Å².